The number of carbonyl (C=O) groups is 1. The molecule has 0 aliphatic rings. The second-order valence-corrected chi connectivity index (χ2v) is 2.88. The molecule has 0 aromatic rings. The van der Waals surface area contributed by atoms with Crippen LogP contribution in [0.25, 0.3) is 0 Å². The molecule has 0 heterocycles. The zero-order valence-corrected chi connectivity index (χ0v) is 9.25. The van der Waals surface area contributed by atoms with E-state index < -0.39 is 6.10 Å². The molecule has 0 bridgehead atoms. The Morgan fingerprint density at radius 3 is 2.50 bits per heavy atom. The zero-order valence-electron chi connectivity index (χ0n) is 9.25. The molecule has 1 unspecified atom stereocenters. The van der Waals surface area contributed by atoms with Crippen LogP contribution in [0.1, 0.15) is 27.2 Å². The lowest BCUT2D eigenvalue weighted by Crippen LogP contribution is -2.24. The first-order chi connectivity index (χ1) is 6.72. The molecule has 0 saturated heterocycles. The van der Waals surface area contributed by atoms with Gasteiger partial charge in [0.25, 0.3) is 0 Å². The van der Waals surface area contributed by atoms with Crippen molar-refractivity contribution in [3.8, 4) is 0 Å². The molecule has 0 amide bonds. The normalized spacial score (nSPS) is 12.5. The average Bonchev–Trinajstić information content (AvgIpc) is 2.17. The fraction of sp³-hybridized carbons (Fsp3) is 0.900. The molecule has 84 valence electrons. The van der Waals surface area contributed by atoms with Crippen LogP contribution >= 0.6 is 0 Å². The standard InChI is InChI=1S/C10H20O4/c1-4-6-12-7-8-14-9(3)10(11)13-5-2/h9H,4-8H2,1-3H3. The minimum absolute atomic E-state index is 0.317. The van der Waals surface area contributed by atoms with Gasteiger partial charge in [0.1, 0.15) is 0 Å². The number of esters is 1. The Morgan fingerprint density at radius 2 is 1.93 bits per heavy atom. The van der Waals surface area contributed by atoms with Crippen molar-refractivity contribution in [3.63, 3.8) is 0 Å². The summed E-state index contributed by atoms with van der Waals surface area (Å²) in [6.45, 7) is 7.57. The van der Waals surface area contributed by atoms with Gasteiger partial charge in [0.15, 0.2) is 6.10 Å². The van der Waals surface area contributed by atoms with E-state index in [0.717, 1.165) is 13.0 Å². The Morgan fingerprint density at radius 1 is 1.21 bits per heavy atom. The fourth-order valence-corrected chi connectivity index (χ4v) is 0.858. The molecule has 4 nitrogen and oxygen atoms in total. The van der Waals surface area contributed by atoms with E-state index in [1.54, 1.807) is 13.8 Å². The van der Waals surface area contributed by atoms with Crippen molar-refractivity contribution >= 4 is 5.97 Å². The van der Waals surface area contributed by atoms with Crippen molar-refractivity contribution in [1.29, 1.82) is 0 Å². The molecule has 0 fully saturated rings. The van der Waals surface area contributed by atoms with Gasteiger partial charge in [-0.2, -0.15) is 0 Å². The molecule has 0 aromatic carbocycles. The Kier molecular flexibility index (Phi) is 8.57. The van der Waals surface area contributed by atoms with E-state index in [1.807, 2.05) is 6.92 Å². The van der Waals surface area contributed by atoms with E-state index in [1.165, 1.54) is 0 Å². The number of hydrogen-bond donors (Lipinski definition) is 0. The highest BCUT2D eigenvalue weighted by Gasteiger charge is 2.13. The van der Waals surface area contributed by atoms with Crippen LogP contribution < -0.4 is 0 Å². The Bertz CT molecular complexity index is 147. The van der Waals surface area contributed by atoms with Crippen molar-refractivity contribution in [3.05, 3.63) is 0 Å². The number of hydrogen-bond acceptors (Lipinski definition) is 4. The van der Waals surface area contributed by atoms with Gasteiger partial charge in [0.05, 0.1) is 19.8 Å². The minimum atomic E-state index is -0.500. The van der Waals surface area contributed by atoms with Crippen molar-refractivity contribution in [1.82, 2.24) is 0 Å². The monoisotopic (exact) mass is 204 g/mol. The Labute approximate surface area is 85.5 Å². The maximum Gasteiger partial charge on any atom is 0.334 e. The van der Waals surface area contributed by atoms with Crippen LogP contribution in [0, 0.1) is 0 Å². The molecule has 0 saturated carbocycles. The van der Waals surface area contributed by atoms with Crippen LogP contribution in [0.15, 0.2) is 0 Å². The summed E-state index contributed by atoms with van der Waals surface area (Å²) in [5, 5.41) is 0. The second kappa shape index (κ2) is 8.97. The molecule has 14 heavy (non-hydrogen) atoms. The van der Waals surface area contributed by atoms with Crippen molar-refractivity contribution in [2.45, 2.75) is 33.3 Å². The lowest BCUT2D eigenvalue weighted by Gasteiger charge is -2.11. The van der Waals surface area contributed by atoms with E-state index in [9.17, 15) is 4.79 Å². The van der Waals surface area contributed by atoms with Gasteiger partial charge < -0.3 is 14.2 Å². The van der Waals surface area contributed by atoms with E-state index in [-0.39, 0.29) is 5.97 Å². The molecule has 0 radical (unpaired) electrons. The summed E-state index contributed by atoms with van der Waals surface area (Å²) in [6, 6.07) is 0. The first-order valence-corrected chi connectivity index (χ1v) is 5.08. The molecule has 0 aliphatic carbocycles. The summed E-state index contributed by atoms with van der Waals surface area (Å²) < 4.78 is 15.2. The highest BCUT2D eigenvalue weighted by atomic mass is 16.6. The van der Waals surface area contributed by atoms with Gasteiger partial charge in [-0.1, -0.05) is 6.92 Å². The molecule has 0 spiro atoms. The summed E-state index contributed by atoms with van der Waals surface area (Å²) in [5.41, 5.74) is 0. The summed E-state index contributed by atoms with van der Waals surface area (Å²) in [7, 11) is 0. The molecule has 0 aliphatic heterocycles. The fourth-order valence-electron chi connectivity index (χ4n) is 0.858. The molecular formula is C10H20O4. The highest BCUT2D eigenvalue weighted by molar-refractivity contribution is 5.74. The van der Waals surface area contributed by atoms with E-state index in [2.05, 4.69) is 0 Å². The van der Waals surface area contributed by atoms with Crippen molar-refractivity contribution in [2.75, 3.05) is 26.4 Å². The summed E-state index contributed by atoms with van der Waals surface area (Å²) >= 11 is 0. The third kappa shape index (κ3) is 6.86. The van der Waals surface area contributed by atoms with Crippen LogP contribution in [0.4, 0.5) is 0 Å². The maximum atomic E-state index is 11.1. The zero-order chi connectivity index (χ0) is 10.8. The second-order valence-electron chi connectivity index (χ2n) is 2.88. The molecule has 1 atom stereocenters. The molecule has 0 N–H and O–H groups in total. The van der Waals surface area contributed by atoms with Gasteiger partial charge in [-0.05, 0) is 20.3 Å². The van der Waals surface area contributed by atoms with Crippen LogP contribution in [0.2, 0.25) is 0 Å². The first-order valence-electron chi connectivity index (χ1n) is 5.08. The largest absolute Gasteiger partial charge is 0.464 e. The summed E-state index contributed by atoms with van der Waals surface area (Å²) in [4.78, 5) is 11.1. The summed E-state index contributed by atoms with van der Waals surface area (Å²) in [6.07, 6.45) is 0.494. The molecule has 0 aromatic heterocycles. The molecule has 4 heteroatoms. The predicted molar refractivity (Wildman–Crippen MR) is 53.2 cm³/mol. The highest BCUT2D eigenvalue weighted by Crippen LogP contribution is 1.94. The Hall–Kier alpha value is -0.610. The smallest absolute Gasteiger partial charge is 0.334 e. The van der Waals surface area contributed by atoms with Gasteiger partial charge in [0, 0.05) is 6.61 Å². The average molecular weight is 204 g/mol. The third-order valence-electron chi connectivity index (χ3n) is 1.56. The van der Waals surface area contributed by atoms with E-state index >= 15 is 0 Å². The van der Waals surface area contributed by atoms with Crippen LogP contribution in [0.3, 0.4) is 0 Å². The minimum Gasteiger partial charge on any atom is -0.464 e. The predicted octanol–water partition coefficient (Wildman–Crippen LogP) is 1.38. The van der Waals surface area contributed by atoms with E-state index in [0.29, 0.717) is 19.8 Å². The SMILES string of the molecule is CCCOCCOC(C)C(=O)OCC. The van der Waals surface area contributed by atoms with Gasteiger partial charge >= 0.3 is 5.97 Å². The van der Waals surface area contributed by atoms with Crippen molar-refractivity contribution < 1.29 is 19.0 Å². The maximum absolute atomic E-state index is 11.1. The van der Waals surface area contributed by atoms with Crippen molar-refractivity contribution in [2.24, 2.45) is 0 Å². The summed E-state index contributed by atoms with van der Waals surface area (Å²) in [5.74, 6) is -0.317. The third-order valence-corrected chi connectivity index (χ3v) is 1.56. The Balaban J connectivity index is 3.34. The first kappa shape index (κ1) is 13.4. The van der Waals surface area contributed by atoms with Gasteiger partial charge in [-0.15, -0.1) is 0 Å². The number of carbonyl (C=O) groups excluding carboxylic acids is 1. The number of rotatable bonds is 8. The van der Waals surface area contributed by atoms with Gasteiger partial charge in [-0.3, -0.25) is 0 Å². The van der Waals surface area contributed by atoms with Crippen LogP contribution in [-0.4, -0.2) is 38.5 Å². The van der Waals surface area contributed by atoms with Crippen LogP contribution in [-0.2, 0) is 19.0 Å². The van der Waals surface area contributed by atoms with Crippen LogP contribution in [0.5, 0.6) is 0 Å². The molecular weight excluding hydrogens is 184 g/mol. The van der Waals surface area contributed by atoms with E-state index in [4.69, 9.17) is 14.2 Å². The molecule has 0 rings (SSSR count). The lowest BCUT2D eigenvalue weighted by molar-refractivity contribution is -0.156. The quantitative estimate of drug-likeness (QED) is 0.442. The van der Waals surface area contributed by atoms with Gasteiger partial charge in [0.2, 0.25) is 0 Å². The van der Waals surface area contributed by atoms with Gasteiger partial charge in [-0.25, -0.2) is 4.79 Å². The topological polar surface area (TPSA) is 44.8 Å². The number of ether oxygens (including phenoxy) is 3. The lowest BCUT2D eigenvalue weighted by atomic mass is 10.4.